The van der Waals surface area contributed by atoms with Crippen molar-refractivity contribution in [1.29, 1.82) is 0 Å². The van der Waals surface area contributed by atoms with Crippen molar-refractivity contribution in [3.63, 3.8) is 0 Å². The number of aromatic amines is 1. The molecule has 1 heterocycles. The summed E-state index contributed by atoms with van der Waals surface area (Å²) in [6, 6.07) is 8.81. The molecule has 0 spiro atoms. The summed E-state index contributed by atoms with van der Waals surface area (Å²) in [5, 5.41) is 12.4. The summed E-state index contributed by atoms with van der Waals surface area (Å²) in [6.45, 7) is 4.37. The molecule has 0 bridgehead atoms. The number of amides is 2. The Morgan fingerprint density at radius 2 is 1.86 bits per heavy atom. The molecule has 0 radical (unpaired) electrons. The monoisotopic (exact) mass is 300 g/mol. The molecule has 22 heavy (non-hydrogen) atoms. The molecular weight excluding hydrogens is 280 g/mol. The lowest BCUT2D eigenvalue weighted by molar-refractivity contribution is -0.120. The van der Waals surface area contributed by atoms with Crippen LogP contribution in [0.4, 0.5) is 0 Å². The second-order valence-electron chi connectivity index (χ2n) is 5.06. The van der Waals surface area contributed by atoms with E-state index in [4.69, 9.17) is 0 Å². The van der Waals surface area contributed by atoms with Gasteiger partial charge in [0.2, 0.25) is 5.91 Å². The Balaban J connectivity index is 1.71. The lowest BCUT2D eigenvalue weighted by Gasteiger charge is -2.07. The van der Waals surface area contributed by atoms with E-state index in [0.717, 1.165) is 17.0 Å². The van der Waals surface area contributed by atoms with Gasteiger partial charge >= 0.3 is 0 Å². The quantitative estimate of drug-likeness (QED) is 0.747. The van der Waals surface area contributed by atoms with Gasteiger partial charge in [0.25, 0.3) is 5.91 Å². The molecule has 0 unspecified atom stereocenters. The summed E-state index contributed by atoms with van der Waals surface area (Å²) in [6.07, 6.45) is 0.715. The third kappa shape index (κ3) is 4.18. The zero-order valence-corrected chi connectivity index (χ0v) is 12.8. The molecule has 0 saturated heterocycles. The van der Waals surface area contributed by atoms with Gasteiger partial charge in [0, 0.05) is 17.8 Å². The van der Waals surface area contributed by atoms with E-state index < -0.39 is 0 Å². The van der Waals surface area contributed by atoms with Crippen molar-refractivity contribution in [2.24, 2.45) is 0 Å². The SMILES string of the molecule is Cc1n[nH]c(C)c1CCNC(=O)CNC(=O)c1ccccc1. The zero-order chi connectivity index (χ0) is 15.9. The summed E-state index contributed by atoms with van der Waals surface area (Å²) in [5.41, 5.74) is 3.63. The average Bonchev–Trinajstić information content (AvgIpc) is 2.85. The predicted octanol–water partition coefficient (Wildman–Crippen LogP) is 1.12. The number of hydrogen-bond acceptors (Lipinski definition) is 3. The highest BCUT2D eigenvalue weighted by Crippen LogP contribution is 2.08. The van der Waals surface area contributed by atoms with Gasteiger partial charge in [-0.3, -0.25) is 14.7 Å². The van der Waals surface area contributed by atoms with Crippen molar-refractivity contribution in [2.45, 2.75) is 20.3 Å². The van der Waals surface area contributed by atoms with Crippen LogP contribution in [0.3, 0.4) is 0 Å². The zero-order valence-electron chi connectivity index (χ0n) is 12.8. The minimum atomic E-state index is -0.253. The van der Waals surface area contributed by atoms with E-state index in [9.17, 15) is 9.59 Å². The Hall–Kier alpha value is -2.63. The van der Waals surface area contributed by atoms with Crippen LogP contribution >= 0.6 is 0 Å². The molecule has 3 N–H and O–H groups in total. The number of hydrogen-bond donors (Lipinski definition) is 3. The number of H-pyrrole nitrogens is 1. The molecule has 1 aromatic heterocycles. The van der Waals surface area contributed by atoms with Crippen molar-refractivity contribution in [1.82, 2.24) is 20.8 Å². The smallest absolute Gasteiger partial charge is 0.251 e. The van der Waals surface area contributed by atoms with Crippen molar-refractivity contribution >= 4 is 11.8 Å². The van der Waals surface area contributed by atoms with Gasteiger partial charge in [-0.05, 0) is 38.0 Å². The van der Waals surface area contributed by atoms with E-state index in [1.54, 1.807) is 24.3 Å². The van der Waals surface area contributed by atoms with Crippen LogP contribution in [-0.2, 0) is 11.2 Å². The van der Waals surface area contributed by atoms with Crippen LogP contribution in [0.1, 0.15) is 27.3 Å². The molecular formula is C16H20N4O2. The van der Waals surface area contributed by atoms with Gasteiger partial charge in [-0.15, -0.1) is 0 Å². The molecule has 0 aliphatic heterocycles. The third-order valence-electron chi connectivity index (χ3n) is 3.42. The average molecular weight is 300 g/mol. The number of rotatable bonds is 6. The second-order valence-corrected chi connectivity index (χ2v) is 5.06. The topological polar surface area (TPSA) is 86.9 Å². The van der Waals surface area contributed by atoms with E-state index >= 15 is 0 Å². The summed E-state index contributed by atoms with van der Waals surface area (Å²) in [5.74, 6) is -0.458. The lowest BCUT2D eigenvalue weighted by Crippen LogP contribution is -2.37. The van der Waals surface area contributed by atoms with Gasteiger partial charge in [-0.25, -0.2) is 0 Å². The Bertz CT molecular complexity index is 630. The van der Waals surface area contributed by atoms with Crippen molar-refractivity contribution in [2.75, 3.05) is 13.1 Å². The fourth-order valence-corrected chi connectivity index (χ4v) is 2.18. The minimum absolute atomic E-state index is 0.0307. The van der Waals surface area contributed by atoms with Crippen molar-refractivity contribution in [3.8, 4) is 0 Å². The minimum Gasteiger partial charge on any atom is -0.354 e. The number of carbonyl (C=O) groups is 2. The fraction of sp³-hybridized carbons (Fsp3) is 0.312. The standard InChI is InChI=1S/C16H20N4O2/c1-11-14(12(2)20-19-11)8-9-17-15(21)10-18-16(22)13-6-4-3-5-7-13/h3-7H,8-10H2,1-2H3,(H,17,21)(H,18,22)(H,19,20). The van der Waals surface area contributed by atoms with Gasteiger partial charge in [-0.2, -0.15) is 5.10 Å². The Morgan fingerprint density at radius 1 is 1.14 bits per heavy atom. The Labute approximate surface area is 129 Å². The maximum absolute atomic E-state index is 11.8. The van der Waals surface area contributed by atoms with E-state index in [0.29, 0.717) is 18.5 Å². The van der Waals surface area contributed by atoms with Gasteiger partial charge in [0.05, 0.1) is 12.2 Å². The van der Waals surface area contributed by atoms with Crippen molar-refractivity contribution < 1.29 is 9.59 Å². The molecule has 0 aliphatic rings. The molecule has 0 aliphatic carbocycles. The number of aryl methyl sites for hydroxylation is 2. The predicted molar refractivity (Wildman–Crippen MR) is 83.6 cm³/mol. The lowest BCUT2D eigenvalue weighted by atomic mass is 10.1. The van der Waals surface area contributed by atoms with E-state index in [1.807, 2.05) is 19.9 Å². The summed E-state index contributed by atoms with van der Waals surface area (Å²) in [7, 11) is 0. The highest BCUT2D eigenvalue weighted by molar-refractivity contribution is 5.96. The summed E-state index contributed by atoms with van der Waals surface area (Å²) < 4.78 is 0. The first kappa shape index (κ1) is 15.8. The van der Waals surface area contributed by atoms with Crippen LogP contribution in [0.25, 0.3) is 0 Å². The number of benzene rings is 1. The van der Waals surface area contributed by atoms with E-state index in [-0.39, 0.29) is 18.4 Å². The second kappa shape index (κ2) is 7.40. The van der Waals surface area contributed by atoms with Crippen LogP contribution in [0.5, 0.6) is 0 Å². The molecule has 1 aromatic carbocycles. The van der Waals surface area contributed by atoms with Gasteiger partial charge in [0.1, 0.15) is 0 Å². The third-order valence-corrected chi connectivity index (χ3v) is 3.42. The van der Waals surface area contributed by atoms with Gasteiger partial charge in [0.15, 0.2) is 0 Å². The molecule has 6 heteroatoms. The van der Waals surface area contributed by atoms with Crippen LogP contribution in [0.15, 0.2) is 30.3 Å². The van der Waals surface area contributed by atoms with Crippen LogP contribution in [-0.4, -0.2) is 35.1 Å². The summed E-state index contributed by atoms with van der Waals surface area (Å²) in [4.78, 5) is 23.5. The number of nitrogens with zero attached hydrogens (tertiary/aromatic N) is 1. The van der Waals surface area contributed by atoms with E-state index in [2.05, 4.69) is 20.8 Å². The number of carbonyl (C=O) groups excluding carboxylic acids is 2. The molecule has 2 aromatic rings. The highest BCUT2D eigenvalue weighted by atomic mass is 16.2. The highest BCUT2D eigenvalue weighted by Gasteiger charge is 2.09. The first-order valence-electron chi connectivity index (χ1n) is 7.18. The fourth-order valence-electron chi connectivity index (χ4n) is 2.18. The molecule has 2 amide bonds. The Morgan fingerprint density at radius 3 is 2.50 bits per heavy atom. The maximum Gasteiger partial charge on any atom is 0.251 e. The molecule has 116 valence electrons. The molecule has 6 nitrogen and oxygen atoms in total. The molecule has 0 atom stereocenters. The Kier molecular flexibility index (Phi) is 5.30. The molecule has 2 rings (SSSR count). The van der Waals surface area contributed by atoms with Gasteiger partial charge in [-0.1, -0.05) is 18.2 Å². The number of nitrogens with one attached hydrogen (secondary N) is 3. The first-order chi connectivity index (χ1) is 10.6. The van der Waals surface area contributed by atoms with Gasteiger partial charge < -0.3 is 10.6 Å². The normalized spacial score (nSPS) is 10.3. The van der Waals surface area contributed by atoms with Crippen LogP contribution in [0, 0.1) is 13.8 Å². The maximum atomic E-state index is 11.8. The molecule has 0 saturated carbocycles. The molecule has 0 fully saturated rings. The summed E-state index contributed by atoms with van der Waals surface area (Å²) >= 11 is 0. The number of aromatic nitrogens is 2. The van der Waals surface area contributed by atoms with Crippen LogP contribution in [0.2, 0.25) is 0 Å². The largest absolute Gasteiger partial charge is 0.354 e. The first-order valence-corrected chi connectivity index (χ1v) is 7.18. The van der Waals surface area contributed by atoms with Crippen LogP contribution < -0.4 is 10.6 Å². The van der Waals surface area contributed by atoms with Crippen molar-refractivity contribution in [3.05, 3.63) is 52.8 Å². The van der Waals surface area contributed by atoms with E-state index in [1.165, 1.54) is 0 Å².